The van der Waals surface area contributed by atoms with E-state index in [1.165, 1.54) is 5.56 Å². The van der Waals surface area contributed by atoms with Gasteiger partial charge in [0, 0.05) is 31.5 Å². The van der Waals surface area contributed by atoms with Gasteiger partial charge in [-0.2, -0.15) is 0 Å². The van der Waals surface area contributed by atoms with Crippen LogP contribution in [0.5, 0.6) is 0 Å². The molecule has 4 nitrogen and oxygen atoms in total. The number of hydrogen-bond donors (Lipinski definition) is 2. The van der Waals surface area contributed by atoms with Crippen LogP contribution in [-0.4, -0.2) is 47.3 Å². The van der Waals surface area contributed by atoms with Crippen molar-refractivity contribution in [3.8, 4) is 0 Å². The van der Waals surface area contributed by atoms with Crippen molar-refractivity contribution >= 4 is 5.97 Å². The summed E-state index contributed by atoms with van der Waals surface area (Å²) in [7, 11) is 0. The van der Waals surface area contributed by atoms with Crippen molar-refractivity contribution in [1.82, 2.24) is 4.90 Å². The maximum absolute atomic E-state index is 10.7. The van der Waals surface area contributed by atoms with E-state index in [0.717, 1.165) is 0 Å². The van der Waals surface area contributed by atoms with Gasteiger partial charge in [0.15, 0.2) is 0 Å². The second-order valence-electron chi connectivity index (χ2n) is 4.55. The third-order valence-corrected chi connectivity index (χ3v) is 3.34. The Bertz CT molecular complexity index is 380. The molecule has 1 saturated heterocycles. The first-order chi connectivity index (χ1) is 8.20. The molecular formula is C13H17NO3. The van der Waals surface area contributed by atoms with Gasteiger partial charge in [-0.1, -0.05) is 30.3 Å². The standard InChI is InChI=1S/C13H17NO3/c15-9-11-6-14(8-13(16)17)7-12(11)10-4-2-1-3-5-10/h1-5,11-12,15H,6-9H2,(H,16,17)/t11-,12+/m1/s1. The third kappa shape index (κ3) is 2.84. The van der Waals surface area contributed by atoms with Gasteiger partial charge in [-0.05, 0) is 5.56 Å². The topological polar surface area (TPSA) is 60.8 Å². The number of carbonyl (C=O) groups is 1. The van der Waals surface area contributed by atoms with Crippen LogP contribution in [0.3, 0.4) is 0 Å². The Balaban J connectivity index is 2.09. The molecule has 1 aromatic rings. The van der Waals surface area contributed by atoms with Crippen molar-refractivity contribution in [2.75, 3.05) is 26.2 Å². The van der Waals surface area contributed by atoms with E-state index in [0.29, 0.717) is 13.1 Å². The second kappa shape index (κ2) is 5.29. The van der Waals surface area contributed by atoms with Crippen LogP contribution >= 0.6 is 0 Å². The molecule has 0 radical (unpaired) electrons. The van der Waals surface area contributed by atoms with Gasteiger partial charge in [0.1, 0.15) is 0 Å². The molecule has 0 unspecified atom stereocenters. The number of carboxylic acid groups (broad SMARTS) is 1. The zero-order chi connectivity index (χ0) is 12.3. The van der Waals surface area contributed by atoms with Gasteiger partial charge in [0.05, 0.1) is 6.54 Å². The fraction of sp³-hybridized carbons (Fsp3) is 0.462. The normalized spacial score (nSPS) is 25.0. The molecule has 1 aromatic carbocycles. The number of nitrogens with zero attached hydrogens (tertiary/aromatic N) is 1. The van der Waals surface area contributed by atoms with Crippen molar-refractivity contribution in [2.45, 2.75) is 5.92 Å². The first-order valence-corrected chi connectivity index (χ1v) is 5.80. The molecular weight excluding hydrogens is 218 g/mol. The van der Waals surface area contributed by atoms with E-state index in [1.807, 2.05) is 35.2 Å². The SMILES string of the molecule is O=C(O)CN1C[C@H](CO)[C@H](c2ccccc2)C1. The Morgan fingerprint density at radius 2 is 2.00 bits per heavy atom. The predicted molar refractivity (Wildman–Crippen MR) is 63.8 cm³/mol. The highest BCUT2D eigenvalue weighted by Gasteiger charge is 2.33. The molecule has 2 N–H and O–H groups in total. The minimum Gasteiger partial charge on any atom is -0.480 e. The molecule has 17 heavy (non-hydrogen) atoms. The van der Waals surface area contributed by atoms with Gasteiger partial charge in [0.25, 0.3) is 0 Å². The lowest BCUT2D eigenvalue weighted by Crippen LogP contribution is -2.27. The maximum Gasteiger partial charge on any atom is 0.317 e. The number of likely N-dealkylation sites (tertiary alicyclic amines) is 1. The van der Waals surface area contributed by atoms with E-state index in [1.54, 1.807) is 0 Å². The Morgan fingerprint density at radius 3 is 2.59 bits per heavy atom. The molecule has 0 bridgehead atoms. The highest BCUT2D eigenvalue weighted by atomic mass is 16.4. The van der Waals surface area contributed by atoms with Gasteiger partial charge in [-0.3, -0.25) is 9.69 Å². The van der Waals surface area contributed by atoms with Crippen molar-refractivity contribution in [2.24, 2.45) is 5.92 Å². The lowest BCUT2D eigenvalue weighted by atomic mass is 9.90. The molecule has 1 aliphatic rings. The van der Waals surface area contributed by atoms with Crippen LogP contribution in [-0.2, 0) is 4.79 Å². The molecule has 0 aromatic heterocycles. The summed E-state index contributed by atoms with van der Waals surface area (Å²) in [4.78, 5) is 12.6. The Morgan fingerprint density at radius 1 is 1.29 bits per heavy atom. The molecule has 4 heteroatoms. The number of rotatable bonds is 4. The van der Waals surface area contributed by atoms with Crippen molar-refractivity contribution in [3.63, 3.8) is 0 Å². The number of aliphatic hydroxyl groups is 1. The average Bonchev–Trinajstić information content (AvgIpc) is 2.72. The number of aliphatic carboxylic acids is 1. The molecule has 2 rings (SSSR count). The molecule has 2 atom stereocenters. The van der Waals surface area contributed by atoms with Crippen LogP contribution in [0.4, 0.5) is 0 Å². The molecule has 0 saturated carbocycles. The summed E-state index contributed by atoms with van der Waals surface area (Å²) in [6.07, 6.45) is 0. The summed E-state index contributed by atoms with van der Waals surface area (Å²) in [5.41, 5.74) is 1.18. The Labute approximate surface area is 100 Å². The summed E-state index contributed by atoms with van der Waals surface area (Å²) in [5, 5.41) is 18.2. The van der Waals surface area contributed by atoms with E-state index >= 15 is 0 Å². The number of hydrogen-bond acceptors (Lipinski definition) is 3. The van der Waals surface area contributed by atoms with E-state index in [-0.39, 0.29) is 25.0 Å². The lowest BCUT2D eigenvalue weighted by molar-refractivity contribution is -0.138. The van der Waals surface area contributed by atoms with Crippen molar-refractivity contribution < 1.29 is 15.0 Å². The highest BCUT2D eigenvalue weighted by Crippen LogP contribution is 2.31. The zero-order valence-electron chi connectivity index (χ0n) is 9.62. The van der Waals surface area contributed by atoms with Gasteiger partial charge in [-0.25, -0.2) is 0 Å². The molecule has 1 fully saturated rings. The van der Waals surface area contributed by atoms with Gasteiger partial charge in [-0.15, -0.1) is 0 Å². The van der Waals surface area contributed by atoms with Crippen LogP contribution in [0, 0.1) is 5.92 Å². The number of carboxylic acids is 1. The van der Waals surface area contributed by atoms with Crippen molar-refractivity contribution in [1.29, 1.82) is 0 Å². The number of benzene rings is 1. The van der Waals surface area contributed by atoms with Crippen LogP contribution in [0.2, 0.25) is 0 Å². The summed E-state index contributed by atoms with van der Waals surface area (Å²) in [6, 6.07) is 9.99. The monoisotopic (exact) mass is 235 g/mol. The smallest absolute Gasteiger partial charge is 0.317 e. The van der Waals surface area contributed by atoms with Crippen molar-refractivity contribution in [3.05, 3.63) is 35.9 Å². The average molecular weight is 235 g/mol. The van der Waals surface area contributed by atoms with Crippen LogP contribution in [0.25, 0.3) is 0 Å². The van der Waals surface area contributed by atoms with Gasteiger partial charge < -0.3 is 10.2 Å². The largest absolute Gasteiger partial charge is 0.480 e. The van der Waals surface area contributed by atoms with E-state index in [9.17, 15) is 9.90 Å². The number of aliphatic hydroxyl groups excluding tert-OH is 1. The van der Waals surface area contributed by atoms with Crippen LogP contribution in [0.1, 0.15) is 11.5 Å². The van der Waals surface area contributed by atoms with Gasteiger partial charge in [0.2, 0.25) is 0 Å². The zero-order valence-corrected chi connectivity index (χ0v) is 9.62. The van der Waals surface area contributed by atoms with E-state index in [2.05, 4.69) is 0 Å². The quantitative estimate of drug-likeness (QED) is 0.809. The molecule has 92 valence electrons. The van der Waals surface area contributed by atoms with E-state index in [4.69, 9.17) is 5.11 Å². The first-order valence-electron chi connectivity index (χ1n) is 5.80. The summed E-state index contributed by atoms with van der Waals surface area (Å²) in [5.74, 6) is -0.437. The third-order valence-electron chi connectivity index (χ3n) is 3.34. The second-order valence-corrected chi connectivity index (χ2v) is 4.55. The minimum absolute atomic E-state index is 0.0554. The Hall–Kier alpha value is -1.39. The maximum atomic E-state index is 10.7. The summed E-state index contributed by atoms with van der Waals surface area (Å²) >= 11 is 0. The lowest BCUT2D eigenvalue weighted by Gasteiger charge is -2.16. The molecule has 1 aliphatic heterocycles. The van der Waals surface area contributed by atoms with Crippen LogP contribution in [0.15, 0.2) is 30.3 Å². The molecule has 1 heterocycles. The fourth-order valence-electron chi connectivity index (χ4n) is 2.54. The van der Waals surface area contributed by atoms with Gasteiger partial charge >= 0.3 is 5.97 Å². The summed E-state index contributed by atoms with van der Waals surface area (Å²) < 4.78 is 0. The van der Waals surface area contributed by atoms with Crippen LogP contribution < -0.4 is 0 Å². The molecule has 0 spiro atoms. The fourth-order valence-corrected chi connectivity index (χ4v) is 2.54. The Kier molecular flexibility index (Phi) is 3.76. The summed E-state index contributed by atoms with van der Waals surface area (Å²) in [6.45, 7) is 1.53. The first kappa shape index (κ1) is 12.1. The minimum atomic E-state index is -0.810. The molecule has 0 amide bonds. The molecule has 0 aliphatic carbocycles. The predicted octanol–water partition coefficient (Wildman–Crippen LogP) is 0.779. The highest BCUT2D eigenvalue weighted by molar-refractivity contribution is 5.69. The van der Waals surface area contributed by atoms with E-state index < -0.39 is 5.97 Å².